The molecule has 1 aliphatic heterocycles. The number of hydrogen-bond acceptors (Lipinski definition) is 4. The fraction of sp³-hybridized carbons (Fsp3) is 0.812. The molecule has 1 aromatic heterocycles. The highest BCUT2D eigenvalue weighted by molar-refractivity contribution is 5.28. The molecule has 2 atom stereocenters. The molecule has 1 fully saturated rings. The Morgan fingerprint density at radius 3 is 2.48 bits per heavy atom. The molecule has 2 heterocycles. The van der Waals surface area contributed by atoms with Crippen LogP contribution in [0.4, 0.5) is 0 Å². The van der Waals surface area contributed by atoms with Crippen LogP contribution in [0.15, 0.2) is 0 Å². The van der Waals surface area contributed by atoms with E-state index in [-0.39, 0.29) is 12.1 Å². The number of β-amino-alcohol motifs (C(OH)–C–C–N with tert-alkyl or cyclic N) is 1. The normalized spacial score (nSPS) is 19.1. The first-order chi connectivity index (χ1) is 10.0. The third-order valence-corrected chi connectivity index (χ3v) is 4.59. The van der Waals surface area contributed by atoms with Crippen LogP contribution in [-0.2, 0) is 7.05 Å². The smallest absolute Gasteiger partial charge is 0.0791 e. The lowest BCUT2D eigenvalue weighted by Crippen LogP contribution is -2.38. The molecule has 1 aliphatic rings. The highest BCUT2D eigenvalue weighted by Gasteiger charge is 2.20. The molecule has 0 bridgehead atoms. The summed E-state index contributed by atoms with van der Waals surface area (Å²) in [7, 11) is 1.99. The van der Waals surface area contributed by atoms with E-state index >= 15 is 0 Å². The van der Waals surface area contributed by atoms with Crippen LogP contribution in [-0.4, -0.2) is 52.1 Å². The Morgan fingerprint density at radius 1 is 1.29 bits per heavy atom. The van der Waals surface area contributed by atoms with Crippen LogP contribution in [0.25, 0.3) is 0 Å². The van der Waals surface area contributed by atoms with Crippen molar-refractivity contribution in [3.8, 4) is 0 Å². The summed E-state index contributed by atoms with van der Waals surface area (Å²) < 4.78 is 1.94. The highest BCUT2D eigenvalue weighted by Crippen LogP contribution is 2.23. The van der Waals surface area contributed by atoms with Gasteiger partial charge >= 0.3 is 0 Å². The number of aromatic nitrogens is 2. The molecule has 0 amide bonds. The first kappa shape index (κ1) is 16.5. The van der Waals surface area contributed by atoms with E-state index in [9.17, 15) is 5.11 Å². The van der Waals surface area contributed by atoms with E-state index in [1.807, 2.05) is 11.7 Å². The molecular weight excluding hydrogens is 264 g/mol. The van der Waals surface area contributed by atoms with Gasteiger partial charge in [0.2, 0.25) is 0 Å². The van der Waals surface area contributed by atoms with Gasteiger partial charge in [-0.05, 0) is 46.2 Å². The summed E-state index contributed by atoms with van der Waals surface area (Å²) in [6.45, 7) is 10.0. The fourth-order valence-corrected chi connectivity index (χ4v) is 3.35. The maximum absolute atomic E-state index is 10.2. The molecule has 1 saturated heterocycles. The van der Waals surface area contributed by atoms with Crippen LogP contribution in [0.3, 0.4) is 0 Å². The third kappa shape index (κ3) is 4.05. The highest BCUT2D eigenvalue weighted by atomic mass is 16.3. The maximum atomic E-state index is 10.2. The minimum Gasteiger partial charge on any atom is -0.390 e. The van der Waals surface area contributed by atoms with Crippen LogP contribution in [0.2, 0.25) is 0 Å². The van der Waals surface area contributed by atoms with Crippen LogP contribution in [0, 0.1) is 13.8 Å². The molecule has 21 heavy (non-hydrogen) atoms. The number of nitrogens with zero attached hydrogens (tertiary/aromatic N) is 3. The van der Waals surface area contributed by atoms with Crippen molar-refractivity contribution in [1.82, 2.24) is 20.0 Å². The maximum Gasteiger partial charge on any atom is 0.0791 e. The van der Waals surface area contributed by atoms with Crippen LogP contribution in [0.5, 0.6) is 0 Å². The molecule has 0 aromatic carbocycles. The zero-order valence-corrected chi connectivity index (χ0v) is 13.9. The van der Waals surface area contributed by atoms with Crippen molar-refractivity contribution in [2.75, 3.05) is 26.2 Å². The molecule has 2 N–H and O–H groups in total. The van der Waals surface area contributed by atoms with Gasteiger partial charge in [-0.2, -0.15) is 5.10 Å². The van der Waals surface area contributed by atoms with E-state index in [2.05, 4.69) is 36.1 Å². The number of aryl methyl sites for hydroxylation is 2. The first-order valence-corrected chi connectivity index (χ1v) is 8.16. The van der Waals surface area contributed by atoms with E-state index in [1.165, 1.54) is 24.1 Å². The minimum atomic E-state index is -0.297. The van der Waals surface area contributed by atoms with Crippen LogP contribution < -0.4 is 5.32 Å². The summed E-state index contributed by atoms with van der Waals surface area (Å²) in [6, 6.07) is 0.270. The van der Waals surface area contributed by atoms with Crippen molar-refractivity contribution in [2.24, 2.45) is 7.05 Å². The van der Waals surface area contributed by atoms with Gasteiger partial charge in [-0.1, -0.05) is 6.92 Å². The van der Waals surface area contributed by atoms with Gasteiger partial charge in [0.25, 0.3) is 0 Å². The van der Waals surface area contributed by atoms with Gasteiger partial charge < -0.3 is 15.3 Å². The topological polar surface area (TPSA) is 53.3 Å². The van der Waals surface area contributed by atoms with Gasteiger partial charge in [0.15, 0.2) is 0 Å². The molecule has 120 valence electrons. The second-order valence-electron chi connectivity index (χ2n) is 6.24. The second kappa shape index (κ2) is 7.38. The molecule has 2 rings (SSSR count). The van der Waals surface area contributed by atoms with Gasteiger partial charge in [-0.25, -0.2) is 0 Å². The van der Waals surface area contributed by atoms with Gasteiger partial charge in [-0.15, -0.1) is 0 Å². The van der Waals surface area contributed by atoms with Crippen LogP contribution in [0.1, 0.15) is 49.2 Å². The van der Waals surface area contributed by atoms with Crippen molar-refractivity contribution in [1.29, 1.82) is 0 Å². The van der Waals surface area contributed by atoms with E-state index < -0.39 is 0 Å². The van der Waals surface area contributed by atoms with E-state index in [4.69, 9.17) is 0 Å². The molecular formula is C16H30N4O. The first-order valence-electron chi connectivity index (χ1n) is 8.16. The SMILES string of the molecule is CCC(NCC(O)CN1CCCC1)c1c(C)nn(C)c1C. The average Bonchev–Trinajstić information content (AvgIpc) is 3.02. The number of likely N-dealkylation sites (tertiary alicyclic amines) is 1. The number of aliphatic hydroxyl groups excluding tert-OH is 1. The second-order valence-corrected chi connectivity index (χ2v) is 6.24. The Bertz CT molecular complexity index is 451. The number of hydrogen-bond donors (Lipinski definition) is 2. The zero-order valence-electron chi connectivity index (χ0n) is 13.9. The summed E-state index contributed by atoms with van der Waals surface area (Å²) in [5, 5.41) is 18.2. The van der Waals surface area contributed by atoms with Crippen molar-refractivity contribution in [2.45, 2.75) is 52.2 Å². The summed E-state index contributed by atoms with van der Waals surface area (Å²) in [4.78, 5) is 2.36. The number of rotatable bonds is 7. The monoisotopic (exact) mass is 294 g/mol. The summed E-state index contributed by atoms with van der Waals surface area (Å²) in [5.74, 6) is 0. The third-order valence-electron chi connectivity index (χ3n) is 4.59. The average molecular weight is 294 g/mol. The Balaban J connectivity index is 1.89. The molecule has 0 spiro atoms. The van der Waals surface area contributed by atoms with Crippen molar-refractivity contribution in [3.05, 3.63) is 17.0 Å². The van der Waals surface area contributed by atoms with Crippen molar-refractivity contribution < 1.29 is 5.11 Å². The van der Waals surface area contributed by atoms with Gasteiger partial charge in [-0.3, -0.25) is 4.68 Å². The Labute approximate surface area is 128 Å². The molecule has 1 aromatic rings. The molecule has 0 radical (unpaired) electrons. The van der Waals surface area contributed by atoms with Crippen molar-refractivity contribution >= 4 is 0 Å². The fourth-order valence-electron chi connectivity index (χ4n) is 3.35. The van der Waals surface area contributed by atoms with Crippen LogP contribution >= 0.6 is 0 Å². The number of aliphatic hydroxyl groups is 1. The lowest BCUT2D eigenvalue weighted by molar-refractivity contribution is 0.120. The molecule has 0 aliphatic carbocycles. The Hall–Kier alpha value is -0.910. The van der Waals surface area contributed by atoms with Gasteiger partial charge in [0.1, 0.15) is 0 Å². The van der Waals surface area contributed by atoms with E-state index in [0.717, 1.165) is 31.7 Å². The molecule has 5 heteroatoms. The quantitative estimate of drug-likeness (QED) is 0.801. The lowest BCUT2D eigenvalue weighted by Gasteiger charge is -2.23. The molecule has 5 nitrogen and oxygen atoms in total. The standard InChI is InChI=1S/C16H30N4O/c1-5-15(16-12(2)18-19(4)13(16)3)17-10-14(21)11-20-8-6-7-9-20/h14-15,17,21H,5-11H2,1-4H3. The molecule has 2 unspecified atom stereocenters. The van der Waals surface area contributed by atoms with Crippen molar-refractivity contribution in [3.63, 3.8) is 0 Å². The number of nitrogens with one attached hydrogen (secondary N) is 1. The van der Waals surface area contributed by atoms with E-state index in [1.54, 1.807) is 0 Å². The lowest BCUT2D eigenvalue weighted by atomic mass is 10.0. The predicted molar refractivity (Wildman–Crippen MR) is 85.4 cm³/mol. The van der Waals surface area contributed by atoms with E-state index in [0.29, 0.717) is 6.54 Å². The minimum absolute atomic E-state index is 0.270. The predicted octanol–water partition coefficient (Wildman–Crippen LogP) is 1.53. The largest absolute Gasteiger partial charge is 0.390 e. The Kier molecular flexibility index (Phi) is 5.79. The summed E-state index contributed by atoms with van der Waals surface area (Å²) in [5.41, 5.74) is 3.58. The summed E-state index contributed by atoms with van der Waals surface area (Å²) >= 11 is 0. The summed E-state index contributed by atoms with van der Waals surface area (Å²) in [6.07, 6.45) is 3.25. The molecule has 0 saturated carbocycles. The Morgan fingerprint density at radius 2 is 1.95 bits per heavy atom. The van der Waals surface area contributed by atoms with Gasteiger partial charge in [0.05, 0.1) is 11.8 Å². The van der Waals surface area contributed by atoms with Gasteiger partial charge in [0, 0.05) is 37.4 Å². The zero-order chi connectivity index (χ0) is 15.4.